The summed E-state index contributed by atoms with van der Waals surface area (Å²) in [6.07, 6.45) is 1.73. The van der Waals surface area contributed by atoms with Crippen LogP contribution >= 0.6 is 0 Å². The summed E-state index contributed by atoms with van der Waals surface area (Å²) in [6, 6.07) is 3.93. The van der Waals surface area contributed by atoms with Crippen LogP contribution in [0.2, 0.25) is 0 Å². The smallest absolute Gasteiger partial charge is 0.243 e. The van der Waals surface area contributed by atoms with Gasteiger partial charge in [0.15, 0.2) is 11.5 Å². The number of anilines is 1. The monoisotopic (exact) mass is 386 g/mol. The zero-order valence-electron chi connectivity index (χ0n) is 15.4. The van der Waals surface area contributed by atoms with Crippen molar-refractivity contribution in [1.82, 2.24) is 5.32 Å². The normalized spacial score (nSPS) is 14.6. The molecule has 0 unspecified atom stereocenters. The van der Waals surface area contributed by atoms with Gasteiger partial charge in [0.2, 0.25) is 15.9 Å². The van der Waals surface area contributed by atoms with E-state index in [1.165, 1.54) is 0 Å². The number of benzene rings is 1. The summed E-state index contributed by atoms with van der Waals surface area (Å²) in [5.74, 6) is 0.648. The van der Waals surface area contributed by atoms with Gasteiger partial charge in [-0.3, -0.25) is 9.10 Å². The first-order chi connectivity index (χ1) is 12.3. The molecule has 1 N–H and O–H groups in total. The average Bonchev–Trinajstić information content (AvgIpc) is 2.60. The zero-order chi connectivity index (χ0) is 19.2. The zero-order valence-corrected chi connectivity index (χ0v) is 16.2. The number of rotatable bonds is 9. The van der Waals surface area contributed by atoms with Gasteiger partial charge in [0, 0.05) is 25.8 Å². The van der Waals surface area contributed by atoms with Gasteiger partial charge in [-0.25, -0.2) is 8.42 Å². The Labute approximate surface area is 154 Å². The maximum atomic E-state index is 12.4. The van der Waals surface area contributed by atoms with Crippen LogP contribution < -0.4 is 19.1 Å². The lowest BCUT2D eigenvalue weighted by Gasteiger charge is -2.29. The first-order valence-electron chi connectivity index (χ1n) is 8.59. The molecule has 0 aliphatic carbocycles. The molecule has 1 amide bonds. The number of carbonyl (C=O) groups is 1. The van der Waals surface area contributed by atoms with Crippen LogP contribution in [0.5, 0.6) is 11.5 Å². The summed E-state index contributed by atoms with van der Waals surface area (Å²) >= 11 is 0. The summed E-state index contributed by atoms with van der Waals surface area (Å²) in [7, 11) is -3.68. The van der Waals surface area contributed by atoms with Crippen LogP contribution in [0.1, 0.15) is 20.3 Å². The number of ether oxygens (including phenoxy) is 3. The fraction of sp³-hybridized carbons (Fsp3) is 0.588. The number of fused-ring (bicyclic) bond motifs is 1. The van der Waals surface area contributed by atoms with E-state index < -0.39 is 16.1 Å². The van der Waals surface area contributed by atoms with Gasteiger partial charge >= 0.3 is 0 Å². The van der Waals surface area contributed by atoms with Gasteiger partial charge in [0.1, 0.15) is 19.3 Å². The van der Waals surface area contributed by atoms with Gasteiger partial charge in [0.25, 0.3) is 0 Å². The van der Waals surface area contributed by atoms with Crippen LogP contribution in [0, 0.1) is 0 Å². The van der Waals surface area contributed by atoms with Gasteiger partial charge in [0.05, 0.1) is 11.9 Å². The van der Waals surface area contributed by atoms with E-state index in [4.69, 9.17) is 14.2 Å². The molecule has 0 saturated heterocycles. The number of sulfonamides is 1. The number of carbonyl (C=O) groups excluding carboxylic acids is 1. The summed E-state index contributed by atoms with van der Waals surface area (Å²) in [4.78, 5) is 12.4. The minimum Gasteiger partial charge on any atom is -0.486 e. The molecular formula is C17H26N2O6S. The summed E-state index contributed by atoms with van der Waals surface area (Å²) in [6.45, 7) is 5.88. The Morgan fingerprint density at radius 2 is 2.00 bits per heavy atom. The number of amides is 1. The van der Waals surface area contributed by atoms with Crippen LogP contribution in [0.4, 0.5) is 5.69 Å². The van der Waals surface area contributed by atoms with Gasteiger partial charge in [-0.2, -0.15) is 0 Å². The number of hydrogen-bond donors (Lipinski definition) is 1. The van der Waals surface area contributed by atoms with Crippen molar-refractivity contribution in [2.75, 3.05) is 43.5 Å². The van der Waals surface area contributed by atoms with E-state index in [-0.39, 0.29) is 5.91 Å². The molecule has 0 saturated carbocycles. The third-order valence-electron chi connectivity index (χ3n) is 3.84. The maximum absolute atomic E-state index is 12.4. The molecular weight excluding hydrogens is 360 g/mol. The average molecular weight is 386 g/mol. The lowest BCUT2D eigenvalue weighted by atomic mass is 10.2. The highest BCUT2D eigenvalue weighted by molar-refractivity contribution is 7.92. The van der Waals surface area contributed by atoms with E-state index in [9.17, 15) is 13.2 Å². The van der Waals surface area contributed by atoms with Crippen LogP contribution in [-0.4, -0.2) is 59.6 Å². The lowest BCUT2D eigenvalue weighted by molar-refractivity contribution is -0.121. The number of nitrogens with zero attached hydrogens (tertiary/aromatic N) is 1. The molecule has 0 aromatic heterocycles. The predicted molar refractivity (Wildman–Crippen MR) is 98.3 cm³/mol. The molecule has 1 atom stereocenters. The van der Waals surface area contributed by atoms with Crippen molar-refractivity contribution in [2.45, 2.75) is 26.3 Å². The number of hydrogen-bond acceptors (Lipinski definition) is 6. The van der Waals surface area contributed by atoms with Gasteiger partial charge in [-0.1, -0.05) is 0 Å². The van der Waals surface area contributed by atoms with Crippen LogP contribution in [0.25, 0.3) is 0 Å². The Hall–Kier alpha value is -2.00. The van der Waals surface area contributed by atoms with E-state index in [1.807, 2.05) is 6.92 Å². The minimum atomic E-state index is -3.68. The first kappa shape index (κ1) is 20.3. The molecule has 0 fully saturated rings. The molecule has 1 aromatic rings. The van der Waals surface area contributed by atoms with Crippen LogP contribution in [-0.2, 0) is 19.6 Å². The van der Waals surface area contributed by atoms with Crippen molar-refractivity contribution < 1.29 is 27.4 Å². The summed E-state index contributed by atoms with van der Waals surface area (Å²) < 4.78 is 41.9. The Kier molecular flexibility index (Phi) is 7.10. The third kappa shape index (κ3) is 5.25. The highest BCUT2D eigenvalue weighted by Gasteiger charge is 2.30. The van der Waals surface area contributed by atoms with Crippen LogP contribution in [0.15, 0.2) is 18.2 Å². The second kappa shape index (κ2) is 9.09. The maximum Gasteiger partial charge on any atom is 0.243 e. The fourth-order valence-electron chi connectivity index (χ4n) is 2.66. The topological polar surface area (TPSA) is 94.2 Å². The molecule has 146 valence electrons. The summed E-state index contributed by atoms with van der Waals surface area (Å²) in [5.41, 5.74) is 0.355. The van der Waals surface area contributed by atoms with Crippen LogP contribution in [0.3, 0.4) is 0 Å². The Balaban J connectivity index is 2.13. The molecule has 1 aliphatic rings. The molecule has 9 heteroatoms. The van der Waals surface area contributed by atoms with E-state index in [0.717, 1.165) is 10.6 Å². The van der Waals surface area contributed by atoms with E-state index in [2.05, 4.69) is 5.32 Å². The highest BCUT2D eigenvalue weighted by Crippen LogP contribution is 2.35. The molecule has 1 aromatic carbocycles. The predicted octanol–water partition coefficient (Wildman–Crippen LogP) is 1.16. The van der Waals surface area contributed by atoms with Gasteiger partial charge in [-0.15, -0.1) is 0 Å². The lowest BCUT2D eigenvalue weighted by Crippen LogP contribution is -2.48. The molecule has 0 radical (unpaired) electrons. The second-order valence-electron chi connectivity index (χ2n) is 5.90. The van der Waals surface area contributed by atoms with Gasteiger partial charge in [-0.05, 0) is 32.4 Å². The first-order valence-corrected chi connectivity index (χ1v) is 10.4. The van der Waals surface area contributed by atoms with Crippen molar-refractivity contribution in [3.05, 3.63) is 18.2 Å². The third-order valence-corrected chi connectivity index (χ3v) is 5.08. The van der Waals surface area contributed by atoms with Crippen molar-refractivity contribution >= 4 is 21.6 Å². The molecule has 1 aliphatic heterocycles. The second-order valence-corrected chi connectivity index (χ2v) is 7.76. The molecule has 1 heterocycles. The Morgan fingerprint density at radius 1 is 1.31 bits per heavy atom. The Bertz CT molecular complexity index is 722. The molecule has 0 spiro atoms. The molecule has 2 rings (SSSR count). The molecule has 8 nitrogen and oxygen atoms in total. The fourth-order valence-corrected chi connectivity index (χ4v) is 3.82. The largest absolute Gasteiger partial charge is 0.486 e. The van der Waals surface area contributed by atoms with E-state index in [1.54, 1.807) is 25.1 Å². The quantitative estimate of drug-likeness (QED) is 0.640. The van der Waals surface area contributed by atoms with Crippen molar-refractivity contribution in [1.29, 1.82) is 0 Å². The van der Waals surface area contributed by atoms with E-state index >= 15 is 0 Å². The van der Waals surface area contributed by atoms with Crippen molar-refractivity contribution in [3.63, 3.8) is 0 Å². The molecule has 0 bridgehead atoms. The minimum absolute atomic E-state index is 0.355. The number of nitrogens with one attached hydrogen (secondary N) is 1. The standard InChI is InChI=1S/C17H26N2O6S/c1-4-23-9-5-8-18-17(20)13(2)19(26(3,21)22)14-6-7-15-16(12-14)25-11-10-24-15/h6-7,12-13H,4-5,8-11H2,1-3H3,(H,18,20)/t13-/m1/s1. The Morgan fingerprint density at radius 3 is 2.65 bits per heavy atom. The van der Waals surface area contributed by atoms with Crippen molar-refractivity contribution in [3.8, 4) is 11.5 Å². The summed E-state index contributed by atoms with van der Waals surface area (Å²) in [5, 5.41) is 2.74. The SMILES string of the molecule is CCOCCCNC(=O)[C@@H](C)N(c1ccc2c(c1)OCCO2)S(C)(=O)=O. The molecule has 26 heavy (non-hydrogen) atoms. The van der Waals surface area contributed by atoms with Gasteiger partial charge < -0.3 is 19.5 Å². The highest BCUT2D eigenvalue weighted by atomic mass is 32.2. The van der Waals surface area contributed by atoms with Crippen molar-refractivity contribution in [2.24, 2.45) is 0 Å². The van der Waals surface area contributed by atoms with E-state index in [0.29, 0.717) is 56.6 Å².